The number of nitrogens with zero attached hydrogens (tertiary/aromatic N) is 1. The second-order valence-corrected chi connectivity index (χ2v) is 4.79. The van der Waals surface area contributed by atoms with Gasteiger partial charge in [-0.05, 0) is 20.8 Å². The molecule has 0 bridgehead atoms. The predicted octanol–water partition coefficient (Wildman–Crippen LogP) is 0.692. The maximum absolute atomic E-state index is 11.7. The van der Waals surface area contributed by atoms with Crippen molar-refractivity contribution in [1.29, 1.82) is 0 Å². The van der Waals surface area contributed by atoms with Crippen LogP contribution in [0.25, 0.3) is 0 Å². The summed E-state index contributed by atoms with van der Waals surface area (Å²) in [4.78, 5) is 35.6. The van der Waals surface area contributed by atoms with Gasteiger partial charge in [0.15, 0.2) is 0 Å². The number of hydrogen-bond donors (Lipinski definition) is 2. The Morgan fingerprint density at radius 2 is 1.89 bits per heavy atom. The standard InChI is InChI=1S/C12H22N2O5/c1-5-14(6-7-19-4)11(18)13-9(15)8-12(2,3)10(16)17/h5-8H2,1-4H3,(H,16,17)(H,13,15,18). The van der Waals surface area contributed by atoms with Gasteiger partial charge in [0, 0.05) is 26.6 Å². The lowest BCUT2D eigenvalue weighted by Gasteiger charge is -2.22. The van der Waals surface area contributed by atoms with Gasteiger partial charge >= 0.3 is 12.0 Å². The molecular formula is C12H22N2O5. The molecule has 7 heteroatoms. The number of carboxylic acid groups (broad SMARTS) is 1. The molecule has 0 aromatic heterocycles. The molecule has 7 nitrogen and oxygen atoms in total. The highest BCUT2D eigenvalue weighted by Crippen LogP contribution is 2.19. The summed E-state index contributed by atoms with van der Waals surface area (Å²) < 4.78 is 4.86. The Hall–Kier alpha value is -1.63. The van der Waals surface area contributed by atoms with E-state index in [1.54, 1.807) is 6.92 Å². The van der Waals surface area contributed by atoms with E-state index in [-0.39, 0.29) is 6.42 Å². The van der Waals surface area contributed by atoms with E-state index in [0.29, 0.717) is 19.7 Å². The first kappa shape index (κ1) is 17.4. The van der Waals surface area contributed by atoms with E-state index in [4.69, 9.17) is 9.84 Å². The summed E-state index contributed by atoms with van der Waals surface area (Å²) in [6, 6.07) is -0.536. The average Bonchev–Trinajstić information content (AvgIpc) is 2.28. The summed E-state index contributed by atoms with van der Waals surface area (Å²) in [5, 5.41) is 11.1. The molecule has 0 aromatic rings. The van der Waals surface area contributed by atoms with Crippen molar-refractivity contribution in [2.24, 2.45) is 5.41 Å². The number of aliphatic carboxylic acids is 1. The van der Waals surface area contributed by atoms with Gasteiger partial charge in [0.2, 0.25) is 5.91 Å². The third-order valence-electron chi connectivity index (χ3n) is 2.66. The third kappa shape index (κ3) is 6.19. The number of likely N-dealkylation sites (N-methyl/N-ethyl adjacent to an activating group) is 1. The van der Waals surface area contributed by atoms with Crippen molar-refractivity contribution < 1.29 is 24.2 Å². The summed E-state index contributed by atoms with van der Waals surface area (Å²) >= 11 is 0. The molecule has 0 atom stereocenters. The van der Waals surface area contributed by atoms with Crippen molar-refractivity contribution in [3.8, 4) is 0 Å². The normalized spacial score (nSPS) is 10.9. The van der Waals surface area contributed by atoms with Crippen LogP contribution in [0.3, 0.4) is 0 Å². The third-order valence-corrected chi connectivity index (χ3v) is 2.66. The Morgan fingerprint density at radius 3 is 2.32 bits per heavy atom. The van der Waals surface area contributed by atoms with Gasteiger partial charge in [0.05, 0.1) is 12.0 Å². The molecule has 0 saturated heterocycles. The fraction of sp³-hybridized carbons (Fsp3) is 0.750. The molecule has 0 aromatic carbocycles. The van der Waals surface area contributed by atoms with E-state index >= 15 is 0 Å². The number of urea groups is 1. The van der Waals surface area contributed by atoms with Gasteiger partial charge in [-0.25, -0.2) is 4.79 Å². The summed E-state index contributed by atoms with van der Waals surface area (Å²) in [5.41, 5.74) is -1.20. The fourth-order valence-corrected chi connectivity index (χ4v) is 1.32. The lowest BCUT2D eigenvalue weighted by molar-refractivity contribution is -0.149. The van der Waals surface area contributed by atoms with Gasteiger partial charge in [0.25, 0.3) is 0 Å². The molecule has 0 fully saturated rings. The van der Waals surface area contributed by atoms with Crippen molar-refractivity contribution in [3.05, 3.63) is 0 Å². The van der Waals surface area contributed by atoms with Gasteiger partial charge in [0.1, 0.15) is 0 Å². The van der Waals surface area contributed by atoms with Crippen molar-refractivity contribution in [2.75, 3.05) is 26.8 Å². The second kappa shape index (κ2) is 7.73. The fourth-order valence-electron chi connectivity index (χ4n) is 1.32. The molecule has 0 aliphatic carbocycles. The number of carbonyl (C=O) groups excluding carboxylic acids is 2. The van der Waals surface area contributed by atoms with Crippen LogP contribution in [0.15, 0.2) is 0 Å². The van der Waals surface area contributed by atoms with E-state index < -0.39 is 23.3 Å². The molecule has 0 spiro atoms. The predicted molar refractivity (Wildman–Crippen MR) is 68.7 cm³/mol. The molecule has 0 saturated carbocycles. The van der Waals surface area contributed by atoms with Crippen LogP contribution in [0, 0.1) is 5.41 Å². The Morgan fingerprint density at radius 1 is 1.32 bits per heavy atom. The molecular weight excluding hydrogens is 252 g/mol. The molecule has 19 heavy (non-hydrogen) atoms. The number of carbonyl (C=O) groups is 3. The van der Waals surface area contributed by atoms with Crippen molar-refractivity contribution in [2.45, 2.75) is 27.2 Å². The molecule has 0 aliphatic heterocycles. The Labute approximate surface area is 112 Å². The first-order valence-electron chi connectivity index (χ1n) is 6.05. The molecule has 0 radical (unpaired) electrons. The highest BCUT2D eigenvalue weighted by Gasteiger charge is 2.31. The molecule has 0 rings (SSSR count). The minimum absolute atomic E-state index is 0.254. The van der Waals surface area contributed by atoms with E-state index in [1.807, 2.05) is 0 Å². The van der Waals surface area contributed by atoms with Crippen LogP contribution in [-0.4, -0.2) is 54.7 Å². The molecule has 2 N–H and O–H groups in total. The van der Waals surface area contributed by atoms with Crippen molar-refractivity contribution in [1.82, 2.24) is 10.2 Å². The maximum Gasteiger partial charge on any atom is 0.324 e. The number of hydrogen-bond acceptors (Lipinski definition) is 4. The van der Waals surface area contributed by atoms with Gasteiger partial charge in [-0.3, -0.25) is 14.9 Å². The van der Waals surface area contributed by atoms with Gasteiger partial charge in [-0.2, -0.15) is 0 Å². The van der Waals surface area contributed by atoms with E-state index in [0.717, 1.165) is 0 Å². The van der Waals surface area contributed by atoms with Crippen LogP contribution in [0.2, 0.25) is 0 Å². The highest BCUT2D eigenvalue weighted by atomic mass is 16.5. The van der Waals surface area contributed by atoms with Crippen LogP contribution in [-0.2, 0) is 14.3 Å². The van der Waals surface area contributed by atoms with E-state index in [1.165, 1.54) is 25.9 Å². The Balaban J connectivity index is 4.39. The number of carboxylic acids is 1. The minimum atomic E-state index is -1.20. The number of rotatable bonds is 7. The topological polar surface area (TPSA) is 95.9 Å². The van der Waals surface area contributed by atoms with Crippen molar-refractivity contribution >= 4 is 17.9 Å². The number of methoxy groups -OCH3 is 1. The summed E-state index contributed by atoms with van der Waals surface area (Å²) in [7, 11) is 1.52. The van der Waals surface area contributed by atoms with Crippen LogP contribution >= 0.6 is 0 Å². The zero-order valence-electron chi connectivity index (χ0n) is 11.9. The Kier molecular flexibility index (Phi) is 7.06. The Bertz CT molecular complexity index is 341. The molecule has 0 aliphatic rings. The zero-order chi connectivity index (χ0) is 15.1. The average molecular weight is 274 g/mol. The number of nitrogens with one attached hydrogen (secondary N) is 1. The molecule has 110 valence electrons. The van der Waals surface area contributed by atoms with E-state index in [2.05, 4.69) is 5.32 Å². The summed E-state index contributed by atoms with van der Waals surface area (Å²) in [6.45, 7) is 5.82. The van der Waals surface area contributed by atoms with Crippen LogP contribution in [0.5, 0.6) is 0 Å². The largest absolute Gasteiger partial charge is 0.481 e. The lowest BCUT2D eigenvalue weighted by Crippen LogP contribution is -2.45. The first-order valence-corrected chi connectivity index (χ1v) is 6.05. The van der Waals surface area contributed by atoms with Gasteiger partial charge < -0.3 is 14.7 Å². The molecule has 0 unspecified atom stereocenters. The quantitative estimate of drug-likeness (QED) is 0.712. The number of ether oxygens (including phenoxy) is 1. The first-order chi connectivity index (χ1) is 8.74. The highest BCUT2D eigenvalue weighted by molar-refractivity contribution is 5.96. The molecule has 3 amide bonds. The lowest BCUT2D eigenvalue weighted by atomic mass is 9.89. The van der Waals surface area contributed by atoms with E-state index in [9.17, 15) is 14.4 Å². The van der Waals surface area contributed by atoms with Crippen molar-refractivity contribution in [3.63, 3.8) is 0 Å². The second-order valence-electron chi connectivity index (χ2n) is 4.79. The summed E-state index contributed by atoms with van der Waals surface area (Å²) in [5.74, 6) is -1.69. The van der Waals surface area contributed by atoms with Crippen LogP contribution in [0.1, 0.15) is 27.2 Å². The van der Waals surface area contributed by atoms with Crippen LogP contribution < -0.4 is 5.32 Å². The number of amides is 3. The summed E-state index contributed by atoms with van der Waals surface area (Å²) in [6.07, 6.45) is -0.254. The van der Waals surface area contributed by atoms with Crippen LogP contribution in [0.4, 0.5) is 4.79 Å². The zero-order valence-corrected chi connectivity index (χ0v) is 11.9. The number of imide groups is 1. The van der Waals surface area contributed by atoms with Gasteiger partial charge in [-0.1, -0.05) is 0 Å². The minimum Gasteiger partial charge on any atom is -0.481 e. The van der Waals surface area contributed by atoms with Gasteiger partial charge in [-0.15, -0.1) is 0 Å². The smallest absolute Gasteiger partial charge is 0.324 e. The molecule has 0 heterocycles. The SMILES string of the molecule is CCN(CCOC)C(=O)NC(=O)CC(C)(C)C(=O)O. The maximum atomic E-state index is 11.7. The monoisotopic (exact) mass is 274 g/mol.